The van der Waals surface area contributed by atoms with Crippen molar-refractivity contribution in [2.45, 2.75) is 4.90 Å². The van der Waals surface area contributed by atoms with Gasteiger partial charge in [0.15, 0.2) is 5.75 Å². The summed E-state index contributed by atoms with van der Waals surface area (Å²) in [5.74, 6) is -0.361. The third-order valence-electron chi connectivity index (χ3n) is 3.36. The maximum absolute atomic E-state index is 11.6. The highest BCUT2D eigenvalue weighted by Gasteiger charge is 2.20. The van der Waals surface area contributed by atoms with E-state index < -0.39 is 15.0 Å². The molecule has 2 aromatic carbocycles. The van der Waals surface area contributed by atoms with E-state index in [1.165, 1.54) is 18.3 Å². The molecule has 0 amide bonds. The number of azo groups is 1. The lowest BCUT2D eigenvalue weighted by molar-refractivity contribution is 0.479. The number of aromatic hydroxyl groups is 1. The SMILES string of the molecule is N#Cc1ccc(/N=N/c2cc(S(=O)(=O)O)c3cccnc3c2O)cc1. The van der Waals surface area contributed by atoms with Crippen molar-refractivity contribution in [2.75, 3.05) is 0 Å². The van der Waals surface area contributed by atoms with E-state index in [1.54, 1.807) is 24.3 Å². The first kappa shape index (κ1) is 16.5. The minimum Gasteiger partial charge on any atom is -0.504 e. The number of nitriles is 1. The Hall–Kier alpha value is -3.35. The van der Waals surface area contributed by atoms with Crippen LogP contribution in [0, 0.1) is 11.3 Å². The second-order valence-electron chi connectivity index (χ2n) is 4.98. The molecule has 124 valence electrons. The first-order valence-electron chi connectivity index (χ1n) is 6.90. The monoisotopic (exact) mass is 354 g/mol. The zero-order chi connectivity index (χ0) is 18.0. The lowest BCUT2D eigenvalue weighted by Crippen LogP contribution is -1.99. The van der Waals surface area contributed by atoms with Crippen LogP contribution in [0.25, 0.3) is 10.9 Å². The Kier molecular flexibility index (Phi) is 4.14. The van der Waals surface area contributed by atoms with E-state index >= 15 is 0 Å². The van der Waals surface area contributed by atoms with Crippen LogP contribution in [0.5, 0.6) is 5.75 Å². The van der Waals surface area contributed by atoms with Gasteiger partial charge in [0.05, 0.1) is 17.3 Å². The molecule has 8 nitrogen and oxygen atoms in total. The molecule has 25 heavy (non-hydrogen) atoms. The maximum atomic E-state index is 11.6. The molecule has 0 bridgehead atoms. The van der Waals surface area contributed by atoms with Crippen molar-refractivity contribution in [3.8, 4) is 11.8 Å². The predicted molar refractivity (Wildman–Crippen MR) is 88.6 cm³/mol. The van der Waals surface area contributed by atoms with Gasteiger partial charge in [0, 0.05) is 11.6 Å². The van der Waals surface area contributed by atoms with Gasteiger partial charge in [0.2, 0.25) is 0 Å². The first-order chi connectivity index (χ1) is 11.9. The van der Waals surface area contributed by atoms with Gasteiger partial charge in [-0.15, -0.1) is 5.11 Å². The van der Waals surface area contributed by atoms with Crippen LogP contribution in [0.1, 0.15) is 5.56 Å². The number of hydrogen-bond donors (Lipinski definition) is 2. The Bertz CT molecular complexity index is 1130. The van der Waals surface area contributed by atoms with Gasteiger partial charge >= 0.3 is 0 Å². The van der Waals surface area contributed by atoms with E-state index in [4.69, 9.17) is 5.26 Å². The molecule has 0 aliphatic heterocycles. The fourth-order valence-corrected chi connectivity index (χ4v) is 2.89. The molecule has 0 aliphatic carbocycles. The molecule has 3 rings (SSSR count). The summed E-state index contributed by atoms with van der Waals surface area (Å²) in [6.07, 6.45) is 1.37. The third-order valence-corrected chi connectivity index (χ3v) is 4.25. The minimum atomic E-state index is -4.55. The molecule has 1 aromatic heterocycles. The molecule has 0 aliphatic rings. The molecule has 2 N–H and O–H groups in total. The molecule has 0 saturated heterocycles. The van der Waals surface area contributed by atoms with Gasteiger partial charge in [-0.3, -0.25) is 9.54 Å². The van der Waals surface area contributed by atoms with E-state index in [0.29, 0.717) is 11.3 Å². The fraction of sp³-hybridized carbons (Fsp3) is 0. The molecule has 9 heteroatoms. The Morgan fingerprint density at radius 1 is 1.12 bits per heavy atom. The van der Waals surface area contributed by atoms with E-state index in [-0.39, 0.29) is 22.3 Å². The van der Waals surface area contributed by atoms with Crippen molar-refractivity contribution in [3.63, 3.8) is 0 Å². The van der Waals surface area contributed by atoms with Crippen LogP contribution in [-0.4, -0.2) is 23.1 Å². The largest absolute Gasteiger partial charge is 0.504 e. The quantitative estimate of drug-likeness (QED) is 0.546. The van der Waals surface area contributed by atoms with Crippen LogP contribution in [0.2, 0.25) is 0 Å². The van der Waals surface area contributed by atoms with Crippen molar-refractivity contribution in [1.29, 1.82) is 5.26 Å². The molecule has 0 unspecified atom stereocenters. The summed E-state index contributed by atoms with van der Waals surface area (Å²) in [7, 11) is -4.55. The zero-order valence-electron chi connectivity index (χ0n) is 12.5. The summed E-state index contributed by atoms with van der Waals surface area (Å²) < 4.78 is 32.6. The van der Waals surface area contributed by atoms with Crippen LogP contribution < -0.4 is 0 Å². The normalized spacial score (nSPS) is 11.7. The summed E-state index contributed by atoms with van der Waals surface area (Å²) >= 11 is 0. The molecule has 3 aromatic rings. The number of fused-ring (bicyclic) bond motifs is 1. The zero-order valence-corrected chi connectivity index (χ0v) is 13.3. The maximum Gasteiger partial charge on any atom is 0.295 e. The lowest BCUT2D eigenvalue weighted by atomic mass is 10.2. The Labute approximate surface area is 142 Å². The Morgan fingerprint density at radius 3 is 2.48 bits per heavy atom. The number of nitrogens with zero attached hydrogens (tertiary/aromatic N) is 4. The summed E-state index contributed by atoms with van der Waals surface area (Å²) in [4.78, 5) is 3.50. The van der Waals surface area contributed by atoms with Gasteiger partial charge in [0.25, 0.3) is 10.1 Å². The number of rotatable bonds is 3. The average Bonchev–Trinajstić information content (AvgIpc) is 2.61. The highest BCUT2D eigenvalue weighted by molar-refractivity contribution is 7.86. The minimum absolute atomic E-state index is 0.0218. The summed E-state index contributed by atoms with van der Waals surface area (Å²) in [5.41, 5.74) is 0.660. The van der Waals surface area contributed by atoms with Crippen LogP contribution in [-0.2, 0) is 10.1 Å². The van der Waals surface area contributed by atoms with E-state index in [1.807, 2.05) is 6.07 Å². The predicted octanol–water partition coefficient (Wildman–Crippen LogP) is 3.47. The molecule has 0 spiro atoms. The van der Waals surface area contributed by atoms with Crippen LogP contribution >= 0.6 is 0 Å². The topological polar surface area (TPSA) is 136 Å². The Morgan fingerprint density at radius 2 is 1.84 bits per heavy atom. The van der Waals surface area contributed by atoms with Gasteiger partial charge in [-0.2, -0.15) is 18.8 Å². The van der Waals surface area contributed by atoms with E-state index in [0.717, 1.165) is 6.07 Å². The van der Waals surface area contributed by atoms with Gasteiger partial charge in [0.1, 0.15) is 16.1 Å². The molecule has 0 saturated carbocycles. The van der Waals surface area contributed by atoms with Crippen LogP contribution in [0.3, 0.4) is 0 Å². The first-order valence-corrected chi connectivity index (χ1v) is 8.34. The second kappa shape index (κ2) is 6.27. The molecular weight excluding hydrogens is 344 g/mol. The highest BCUT2D eigenvalue weighted by Crippen LogP contribution is 2.38. The van der Waals surface area contributed by atoms with Crippen LogP contribution in [0.4, 0.5) is 11.4 Å². The third kappa shape index (κ3) is 3.30. The average molecular weight is 354 g/mol. The number of aromatic nitrogens is 1. The van der Waals surface area contributed by atoms with Gasteiger partial charge in [-0.05, 0) is 42.5 Å². The lowest BCUT2D eigenvalue weighted by Gasteiger charge is -2.07. The van der Waals surface area contributed by atoms with E-state index in [9.17, 15) is 18.1 Å². The van der Waals surface area contributed by atoms with Crippen molar-refractivity contribution in [1.82, 2.24) is 4.98 Å². The van der Waals surface area contributed by atoms with E-state index in [2.05, 4.69) is 15.2 Å². The van der Waals surface area contributed by atoms with Crippen molar-refractivity contribution < 1.29 is 18.1 Å². The van der Waals surface area contributed by atoms with Crippen LogP contribution in [0.15, 0.2) is 63.8 Å². The smallest absolute Gasteiger partial charge is 0.295 e. The van der Waals surface area contributed by atoms with Gasteiger partial charge in [-0.25, -0.2) is 0 Å². The number of benzene rings is 2. The summed E-state index contributed by atoms with van der Waals surface area (Å²) in [6.45, 7) is 0. The van der Waals surface area contributed by atoms with Gasteiger partial charge in [-0.1, -0.05) is 0 Å². The number of hydrogen-bond acceptors (Lipinski definition) is 7. The highest BCUT2D eigenvalue weighted by atomic mass is 32.2. The molecular formula is C16H10N4O4S. The summed E-state index contributed by atoms with van der Waals surface area (Å²) in [5, 5.41) is 26.8. The second-order valence-corrected chi connectivity index (χ2v) is 6.37. The standard InChI is InChI=1S/C16H10N4O4S/c17-9-10-3-5-11(6-4-10)19-20-13-8-14(25(22,23)24)12-2-1-7-18-15(12)16(13)21/h1-8,21H,(H,22,23,24)/b20-19+. The Balaban J connectivity index is 2.14. The molecule has 0 atom stereocenters. The number of phenolic OH excluding ortho intramolecular Hbond substituents is 1. The molecule has 0 radical (unpaired) electrons. The fourth-order valence-electron chi connectivity index (χ4n) is 2.19. The van der Waals surface area contributed by atoms with Gasteiger partial charge < -0.3 is 5.11 Å². The van der Waals surface area contributed by atoms with Crippen molar-refractivity contribution in [2.24, 2.45) is 10.2 Å². The molecule has 1 heterocycles. The van der Waals surface area contributed by atoms with Crippen molar-refractivity contribution >= 4 is 32.4 Å². The number of phenols is 1. The number of pyridine rings is 1. The molecule has 0 fully saturated rings. The van der Waals surface area contributed by atoms with Crippen molar-refractivity contribution in [3.05, 3.63) is 54.2 Å². The summed E-state index contributed by atoms with van der Waals surface area (Å²) in [6, 6.07) is 12.0.